The van der Waals surface area contributed by atoms with Crippen molar-refractivity contribution in [1.29, 1.82) is 0 Å². The van der Waals surface area contributed by atoms with E-state index in [4.69, 9.17) is 0 Å². The Labute approximate surface area is 223 Å². The van der Waals surface area contributed by atoms with E-state index < -0.39 is 17.9 Å². The van der Waals surface area contributed by atoms with Crippen LogP contribution in [0.2, 0.25) is 0 Å². The highest BCUT2D eigenvalue weighted by Crippen LogP contribution is 2.26. The average molecular weight is 508 g/mol. The Kier molecular flexibility index (Phi) is 8.01. The van der Waals surface area contributed by atoms with Gasteiger partial charge in [0.2, 0.25) is 0 Å². The van der Waals surface area contributed by atoms with Gasteiger partial charge in [-0.15, -0.1) is 0 Å². The summed E-state index contributed by atoms with van der Waals surface area (Å²) in [6.07, 6.45) is 4.66. The molecule has 38 heavy (non-hydrogen) atoms. The Morgan fingerprint density at radius 1 is 0.789 bits per heavy atom. The highest BCUT2D eigenvalue weighted by Gasteiger charge is 2.21. The van der Waals surface area contributed by atoms with Crippen LogP contribution in [0.5, 0.6) is 0 Å². The Balaban J connectivity index is 1.42. The maximum absolute atomic E-state index is 12.6. The third-order valence-electron chi connectivity index (χ3n) is 6.62. The lowest BCUT2D eigenvalue weighted by molar-refractivity contribution is -0.139. The van der Waals surface area contributed by atoms with Gasteiger partial charge in [0.15, 0.2) is 5.82 Å². The van der Waals surface area contributed by atoms with E-state index in [0.29, 0.717) is 11.4 Å². The molecule has 0 saturated heterocycles. The van der Waals surface area contributed by atoms with E-state index in [0.717, 1.165) is 34.2 Å². The van der Waals surface area contributed by atoms with Crippen molar-refractivity contribution in [2.45, 2.75) is 52.0 Å². The quantitative estimate of drug-likeness (QED) is 0.301. The molecule has 194 valence electrons. The van der Waals surface area contributed by atoms with Crippen LogP contribution < -0.4 is 5.32 Å². The summed E-state index contributed by atoms with van der Waals surface area (Å²) in [5, 5.41) is 12.3. The minimum Gasteiger partial charge on any atom is -0.480 e. The Hall–Kier alpha value is -4.32. The minimum absolute atomic E-state index is 0.0990. The predicted octanol–water partition coefficient (Wildman–Crippen LogP) is 6.10. The van der Waals surface area contributed by atoms with Crippen LogP contribution in [-0.2, 0) is 23.1 Å². The van der Waals surface area contributed by atoms with Gasteiger partial charge in [-0.1, -0.05) is 88.4 Å². The lowest BCUT2D eigenvalue weighted by Gasteiger charge is -2.19. The zero-order valence-electron chi connectivity index (χ0n) is 22.2. The van der Waals surface area contributed by atoms with Crippen LogP contribution in [0.4, 0.5) is 0 Å². The number of aromatic nitrogens is 2. The lowest BCUT2D eigenvalue weighted by Crippen LogP contribution is -2.42. The minimum atomic E-state index is -1.08. The number of nitrogens with one attached hydrogen (secondary N) is 1. The van der Waals surface area contributed by atoms with Crippen LogP contribution in [0.3, 0.4) is 0 Å². The Bertz CT molecular complexity index is 1390. The maximum atomic E-state index is 12.6. The molecule has 0 radical (unpaired) electrons. The molecule has 0 aliphatic heterocycles. The number of amides is 1. The molecular weight excluding hydrogens is 474 g/mol. The summed E-state index contributed by atoms with van der Waals surface area (Å²) in [7, 11) is 0. The summed E-state index contributed by atoms with van der Waals surface area (Å²) in [5.74, 6) is -0.898. The van der Waals surface area contributed by atoms with Crippen molar-refractivity contribution >= 4 is 11.9 Å². The molecule has 0 bridgehead atoms. The van der Waals surface area contributed by atoms with Crippen molar-refractivity contribution in [3.8, 4) is 22.5 Å². The molecular formula is C32H33N3O3. The van der Waals surface area contributed by atoms with Crippen LogP contribution in [-0.4, -0.2) is 33.0 Å². The van der Waals surface area contributed by atoms with E-state index in [-0.39, 0.29) is 11.8 Å². The van der Waals surface area contributed by atoms with Crippen molar-refractivity contribution in [3.63, 3.8) is 0 Å². The number of carbonyl (C=O) groups excluding carboxylic acids is 1. The summed E-state index contributed by atoms with van der Waals surface area (Å²) in [6, 6.07) is 22.0. The van der Waals surface area contributed by atoms with Crippen molar-refractivity contribution in [1.82, 2.24) is 15.3 Å². The van der Waals surface area contributed by atoms with E-state index in [1.165, 1.54) is 5.56 Å². The summed E-state index contributed by atoms with van der Waals surface area (Å²) in [4.78, 5) is 33.5. The fraction of sp³-hybridized carbons (Fsp3) is 0.250. The molecule has 3 aromatic carbocycles. The standard InChI is InChI=1S/C32H33N3O3/c1-5-21-6-12-25(13-7-21)30(36)35-28(31(37)38)18-22-8-10-24(11-9-22)29-33-19-26(20-34-29)23-14-16-27(17-15-23)32(2,3)4/h6-17,19-20,28H,5,18H2,1-4H3,(H,35,36)(H,37,38). The van der Waals surface area contributed by atoms with Crippen molar-refractivity contribution in [2.75, 3.05) is 0 Å². The van der Waals surface area contributed by atoms with Gasteiger partial charge < -0.3 is 10.4 Å². The molecule has 1 aromatic heterocycles. The smallest absolute Gasteiger partial charge is 0.326 e. The van der Waals surface area contributed by atoms with Crippen molar-refractivity contribution in [2.24, 2.45) is 0 Å². The summed E-state index contributed by atoms with van der Waals surface area (Å²) >= 11 is 0. The number of carboxylic acids is 1. The molecule has 6 nitrogen and oxygen atoms in total. The summed E-state index contributed by atoms with van der Waals surface area (Å²) < 4.78 is 0. The van der Waals surface area contributed by atoms with Gasteiger partial charge in [-0.05, 0) is 46.2 Å². The third kappa shape index (κ3) is 6.51. The van der Waals surface area contributed by atoms with Crippen LogP contribution >= 0.6 is 0 Å². The zero-order chi connectivity index (χ0) is 27.3. The molecule has 0 aliphatic carbocycles. The normalized spacial score (nSPS) is 12.1. The lowest BCUT2D eigenvalue weighted by atomic mass is 9.86. The first-order valence-electron chi connectivity index (χ1n) is 12.8. The highest BCUT2D eigenvalue weighted by atomic mass is 16.4. The molecule has 4 aromatic rings. The van der Waals surface area contributed by atoms with E-state index in [2.05, 4.69) is 60.3 Å². The molecule has 2 N–H and O–H groups in total. The second-order valence-electron chi connectivity index (χ2n) is 10.4. The molecule has 0 fully saturated rings. The second-order valence-corrected chi connectivity index (χ2v) is 10.4. The number of benzene rings is 3. The number of rotatable bonds is 8. The average Bonchev–Trinajstić information content (AvgIpc) is 2.93. The zero-order valence-corrected chi connectivity index (χ0v) is 22.2. The number of aryl methyl sites for hydroxylation is 1. The van der Waals surface area contributed by atoms with Gasteiger partial charge >= 0.3 is 5.97 Å². The van der Waals surface area contributed by atoms with Gasteiger partial charge in [-0.25, -0.2) is 14.8 Å². The first-order valence-corrected chi connectivity index (χ1v) is 12.8. The molecule has 1 amide bonds. The van der Waals surface area contributed by atoms with Crippen LogP contribution in [0.1, 0.15) is 54.7 Å². The van der Waals surface area contributed by atoms with Gasteiger partial charge in [0, 0.05) is 35.5 Å². The van der Waals surface area contributed by atoms with E-state index in [9.17, 15) is 14.7 Å². The monoisotopic (exact) mass is 507 g/mol. The van der Waals surface area contributed by atoms with Gasteiger partial charge in [0.1, 0.15) is 6.04 Å². The number of hydrogen-bond donors (Lipinski definition) is 2. The fourth-order valence-corrected chi connectivity index (χ4v) is 4.15. The molecule has 0 aliphatic rings. The van der Waals surface area contributed by atoms with Crippen LogP contribution in [0, 0.1) is 0 Å². The molecule has 1 atom stereocenters. The molecule has 1 heterocycles. The molecule has 1 unspecified atom stereocenters. The number of nitrogens with zero attached hydrogens (tertiary/aromatic N) is 2. The largest absolute Gasteiger partial charge is 0.480 e. The van der Waals surface area contributed by atoms with Crippen LogP contribution in [0.15, 0.2) is 85.2 Å². The second kappa shape index (κ2) is 11.4. The highest BCUT2D eigenvalue weighted by molar-refractivity contribution is 5.96. The number of aliphatic carboxylic acids is 1. The Morgan fingerprint density at radius 3 is 1.87 bits per heavy atom. The molecule has 0 spiro atoms. The molecule has 0 saturated carbocycles. The number of carbonyl (C=O) groups is 2. The van der Waals surface area contributed by atoms with Gasteiger partial charge in [0.25, 0.3) is 5.91 Å². The van der Waals surface area contributed by atoms with E-state index in [1.54, 1.807) is 12.1 Å². The van der Waals surface area contributed by atoms with E-state index in [1.807, 2.05) is 55.7 Å². The predicted molar refractivity (Wildman–Crippen MR) is 150 cm³/mol. The number of hydrogen-bond acceptors (Lipinski definition) is 4. The van der Waals surface area contributed by atoms with E-state index >= 15 is 0 Å². The summed E-state index contributed by atoms with van der Waals surface area (Å²) in [6.45, 7) is 8.61. The number of carboxylic acid groups (broad SMARTS) is 1. The first-order chi connectivity index (χ1) is 18.1. The summed E-state index contributed by atoms with van der Waals surface area (Å²) in [5.41, 5.74) is 6.54. The SMILES string of the molecule is CCc1ccc(C(=O)NC(Cc2ccc(-c3ncc(-c4ccc(C(C)(C)C)cc4)cn3)cc2)C(=O)O)cc1. The van der Waals surface area contributed by atoms with Gasteiger partial charge in [0.05, 0.1) is 0 Å². The van der Waals surface area contributed by atoms with Crippen molar-refractivity contribution in [3.05, 3.63) is 107 Å². The van der Waals surface area contributed by atoms with Gasteiger partial charge in [-0.3, -0.25) is 4.79 Å². The maximum Gasteiger partial charge on any atom is 0.326 e. The topological polar surface area (TPSA) is 92.2 Å². The fourth-order valence-electron chi connectivity index (χ4n) is 4.15. The van der Waals surface area contributed by atoms with Gasteiger partial charge in [-0.2, -0.15) is 0 Å². The Morgan fingerprint density at radius 2 is 1.34 bits per heavy atom. The third-order valence-corrected chi connectivity index (χ3v) is 6.62. The van der Waals surface area contributed by atoms with Crippen LogP contribution in [0.25, 0.3) is 22.5 Å². The first kappa shape index (κ1) is 26.7. The molecule has 4 rings (SSSR count). The van der Waals surface area contributed by atoms with Crippen molar-refractivity contribution < 1.29 is 14.7 Å². The molecule has 6 heteroatoms.